The average Bonchev–Trinajstić information content (AvgIpc) is 2.87. The Hall–Kier alpha value is -1.68. The summed E-state index contributed by atoms with van der Waals surface area (Å²) in [5.41, 5.74) is 4.09. The number of esters is 1. The Labute approximate surface area is 260 Å². The van der Waals surface area contributed by atoms with E-state index in [9.17, 15) is 9.59 Å². The zero-order chi connectivity index (χ0) is 32.8. The van der Waals surface area contributed by atoms with Crippen molar-refractivity contribution in [2.75, 3.05) is 6.61 Å². The van der Waals surface area contributed by atoms with Crippen molar-refractivity contribution in [3.63, 3.8) is 0 Å². The first-order valence-electron chi connectivity index (χ1n) is 16.5. The van der Waals surface area contributed by atoms with E-state index in [4.69, 9.17) is 10.5 Å². The summed E-state index contributed by atoms with van der Waals surface area (Å²) in [4.78, 5) is 28.9. The lowest BCUT2D eigenvalue weighted by Gasteiger charge is -2.65. The smallest absolute Gasteiger partial charge is 0.312 e. The van der Waals surface area contributed by atoms with Crippen molar-refractivity contribution >= 4 is 11.8 Å². The number of ether oxygens (including phenoxy) is 1. The molecule has 2 N–H and O–H groups in total. The van der Waals surface area contributed by atoms with Crippen LogP contribution in [0.25, 0.3) is 0 Å². The predicted molar refractivity (Wildman–Crippen MR) is 179 cm³/mol. The monoisotopic (exact) mass is 586 g/mol. The summed E-state index contributed by atoms with van der Waals surface area (Å²) in [6.45, 7) is 30.5. The van der Waals surface area contributed by atoms with Crippen LogP contribution in [-0.4, -0.2) is 23.9 Å². The van der Waals surface area contributed by atoms with Crippen LogP contribution in [0.5, 0.6) is 0 Å². The summed E-state index contributed by atoms with van der Waals surface area (Å²) < 4.78 is 6.13. The molecule has 0 saturated carbocycles. The van der Waals surface area contributed by atoms with E-state index in [0.29, 0.717) is 19.4 Å². The first-order valence-corrected chi connectivity index (χ1v) is 16.5. The van der Waals surface area contributed by atoms with Crippen molar-refractivity contribution in [3.05, 3.63) is 35.9 Å². The normalized spacial score (nSPS) is 17.6. The minimum absolute atomic E-state index is 0.133. The van der Waals surface area contributed by atoms with Crippen LogP contribution in [0.3, 0.4) is 0 Å². The third kappa shape index (κ3) is 7.51. The summed E-state index contributed by atoms with van der Waals surface area (Å²) in [6.07, 6.45) is 6.63. The first-order chi connectivity index (χ1) is 19.0. The summed E-state index contributed by atoms with van der Waals surface area (Å²) in [6, 6.07) is 10.5. The minimum Gasteiger partial charge on any atom is -0.465 e. The number of unbranched alkanes of at least 4 members (excludes halogenated alkanes) is 3. The number of nitrogens with two attached hydrogens (primary N) is 1. The molecule has 0 bridgehead atoms. The summed E-state index contributed by atoms with van der Waals surface area (Å²) in [5, 5.41) is 0. The van der Waals surface area contributed by atoms with E-state index in [1.165, 1.54) is 5.56 Å². The molecule has 4 nitrogen and oxygen atoms in total. The number of carbonyl (C=O) groups excluding carboxylic acids is 2. The van der Waals surface area contributed by atoms with Gasteiger partial charge in [0.1, 0.15) is 5.78 Å². The molecule has 1 rings (SSSR count). The number of carbonyl (C=O) groups is 2. The van der Waals surface area contributed by atoms with E-state index < -0.39 is 27.2 Å². The molecule has 242 valence electrons. The van der Waals surface area contributed by atoms with Crippen LogP contribution < -0.4 is 5.73 Å². The molecule has 0 aromatic heterocycles. The molecule has 0 saturated heterocycles. The zero-order valence-corrected chi connectivity index (χ0v) is 30.1. The Bertz CT molecular complexity index is 1010. The number of benzene rings is 1. The van der Waals surface area contributed by atoms with Gasteiger partial charge in [0, 0.05) is 17.4 Å². The fourth-order valence-corrected chi connectivity index (χ4v) is 7.40. The van der Waals surface area contributed by atoms with Gasteiger partial charge >= 0.3 is 5.97 Å². The standard InChI is InChI=1S/C38H67NO3/c1-15-17-20-25-30(40)36(12,28-32(3,4)5)38(14,39)35(10,11)37(13,31(41)42-26-18-16-2)34(8,9)33(6,7)27-29-23-21-19-22-24-29/h19,21-24H,15-18,20,25-28,39H2,1-14H3. The molecule has 0 spiro atoms. The molecule has 3 unspecified atom stereocenters. The Morgan fingerprint density at radius 2 is 1.26 bits per heavy atom. The Morgan fingerprint density at radius 1 is 0.738 bits per heavy atom. The molecule has 0 aliphatic heterocycles. The minimum atomic E-state index is -1.03. The van der Waals surface area contributed by atoms with Crippen LogP contribution in [-0.2, 0) is 20.7 Å². The largest absolute Gasteiger partial charge is 0.465 e. The number of rotatable bonds is 17. The van der Waals surface area contributed by atoms with Crippen LogP contribution in [0.2, 0.25) is 0 Å². The van der Waals surface area contributed by atoms with Gasteiger partial charge in [0.25, 0.3) is 0 Å². The molecule has 0 radical (unpaired) electrons. The van der Waals surface area contributed by atoms with Crippen LogP contribution in [0.15, 0.2) is 30.3 Å². The van der Waals surface area contributed by atoms with Crippen molar-refractivity contribution in [1.29, 1.82) is 0 Å². The fourth-order valence-electron chi connectivity index (χ4n) is 7.40. The number of Topliss-reactive ketones (excluding diaryl/α,β-unsaturated/α-hetero) is 1. The molecule has 3 atom stereocenters. The molecule has 4 heteroatoms. The molecular weight excluding hydrogens is 518 g/mol. The summed E-state index contributed by atoms with van der Waals surface area (Å²) >= 11 is 0. The van der Waals surface area contributed by atoms with Gasteiger partial charge in [-0.2, -0.15) is 0 Å². The van der Waals surface area contributed by atoms with Crippen molar-refractivity contribution in [2.24, 2.45) is 38.2 Å². The van der Waals surface area contributed by atoms with Gasteiger partial charge in [-0.3, -0.25) is 9.59 Å². The highest BCUT2D eigenvalue weighted by molar-refractivity contribution is 5.87. The second kappa shape index (κ2) is 14.0. The van der Waals surface area contributed by atoms with Gasteiger partial charge < -0.3 is 10.5 Å². The molecule has 0 aliphatic carbocycles. The van der Waals surface area contributed by atoms with Crippen molar-refractivity contribution in [2.45, 2.75) is 154 Å². The van der Waals surface area contributed by atoms with Gasteiger partial charge in [0.2, 0.25) is 0 Å². The Kier molecular flexibility index (Phi) is 12.7. The number of hydrogen-bond acceptors (Lipinski definition) is 4. The Balaban J connectivity index is 3.94. The van der Waals surface area contributed by atoms with Gasteiger partial charge in [0.05, 0.1) is 12.0 Å². The molecule has 0 amide bonds. The molecule has 42 heavy (non-hydrogen) atoms. The SMILES string of the molecule is CCCCCC(=O)C(C)(CC(C)(C)C)C(C)(N)C(C)(C)C(C)(C(=O)OCCCC)C(C)(C)C(C)(C)Cc1ccccc1. The highest BCUT2D eigenvalue weighted by Gasteiger charge is 2.70. The molecule has 0 aliphatic rings. The van der Waals surface area contributed by atoms with E-state index in [1.807, 2.05) is 13.0 Å². The Morgan fingerprint density at radius 3 is 1.74 bits per heavy atom. The first kappa shape index (κ1) is 38.3. The lowest BCUT2D eigenvalue weighted by Crippen LogP contribution is -2.73. The molecule has 0 fully saturated rings. The predicted octanol–water partition coefficient (Wildman–Crippen LogP) is 9.97. The molecule has 1 aromatic carbocycles. The van der Waals surface area contributed by atoms with Gasteiger partial charge in [0.15, 0.2) is 0 Å². The van der Waals surface area contributed by atoms with Crippen LogP contribution in [0.1, 0.15) is 147 Å². The lowest BCUT2D eigenvalue weighted by atomic mass is 9.39. The van der Waals surface area contributed by atoms with Crippen molar-refractivity contribution in [1.82, 2.24) is 0 Å². The molecule has 1 aromatic rings. The highest BCUT2D eigenvalue weighted by Crippen LogP contribution is 2.66. The fraction of sp³-hybridized carbons (Fsp3) is 0.789. The quantitative estimate of drug-likeness (QED) is 0.146. The summed E-state index contributed by atoms with van der Waals surface area (Å²) in [5.74, 6) is -0.0210. The number of ketones is 1. The second-order valence-corrected chi connectivity index (χ2v) is 16.6. The maximum absolute atomic E-state index is 14.6. The van der Waals surface area contributed by atoms with Crippen LogP contribution in [0.4, 0.5) is 0 Å². The summed E-state index contributed by atoms with van der Waals surface area (Å²) in [7, 11) is 0. The average molecular weight is 586 g/mol. The third-order valence-electron chi connectivity index (χ3n) is 11.8. The van der Waals surface area contributed by atoms with Crippen molar-refractivity contribution in [3.8, 4) is 0 Å². The maximum Gasteiger partial charge on any atom is 0.312 e. The molecule has 0 heterocycles. The number of hydrogen-bond donors (Lipinski definition) is 1. The van der Waals surface area contributed by atoms with Crippen LogP contribution in [0, 0.1) is 32.5 Å². The van der Waals surface area contributed by atoms with E-state index in [0.717, 1.165) is 38.5 Å². The highest BCUT2D eigenvalue weighted by atomic mass is 16.5. The van der Waals surface area contributed by atoms with E-state index in [-0.39, 0.29) is 22.6 Å². The topological polar surface area (TPSA) is 69.4 Å². The third-order valence-corrected chi connectivity index (χ3v) is 11.8. The lowest BCUT2D eigenvalue weighted by molar-refractivity contribution is -0.203. The van der Waals surface area contributed by atoms with Crippen molar-refractivity contribution < 1.29 is 14.3 Å². The van der Waals surface area contributed by atoms with Crippen LogP contribution >= 0.6 is 0 Å². The van der Waals surface area contributed by atoms with E-state index in [1.54, 1.807) is 0 Å². The maximum atomic E-state index is 14.6. The van der Waals surface area contributed by atoms with E-state index >= 15 is 0 Å². The van der Waals surface area contributed by atoms with E-state index in [2.05, 4.69) is 114 Å². The van der Waals surface area contributed by atoms with Gasteiger partial charge in [-0.1, -0.05) is 133 Å². The molecular formula is C38H67NO3. The second-order valence-electron chi connectivity index (χ2n) is 16.6. The van der Waals surface area contributed by atoms with Gasteiger partial charge in [-0.15, -0.1) is 0 Å². The van der Waals surface area contributed by atoms with Gasteiger partial charge in [-0.05, 0) is 66.8 Å². The van der Waals surface area contributed by atoms with Gasteiger partial charge in [-0.25, -0.2) is 0 Å². The zero-order valence-electron chi connectivity index (χ0n) is 30.1.